The summed E-state index contributed by atoms with van der Waals surface area (Å²) in [6.45, 7) is -0.565. The molecule has 0 aliphatic carbocycles. The molecule has 1 unspecified atom stereocenters. The summed E-state index contributed by atoms with van der Waals surface area (Å²) >= 11 is 1.31. The number of alkyl halides is 3. The third-order valence-electron chi connectivity index (χ3n) is 4.37. The fourth-order valence-electron chi connectivity index (χ4n) is 2.87. The van der Waals surface area contributed by atoms with Gasteiger partial charge in [0, 0.05) is 24.2 Å². The van der Waals surface area contributed by atoms with Crippen LogP contribution >= 0.6 is 11.8 Å². The number of amides is 1. The van der Waals surface area contributed by atoms with Crippen molar-refractivity contribution >= 4 is 29.3 Å². The van der Waals surface area contributed by atoms with E-state index in [4.69, 9.17) is 0 Å². The van der Waals surface area contributed by atoms with Gasteiger partial charge in [0.15, 0.2) is 0 Å². The first-order valence-corrected chi connectivity index (χ1v) is 9.65. The lowest BCUT2D eigenvalue weighted by Gasteiger charge is -2.33. The predicted molar refractivity (Wildman–Crippen MR) is 99.4 cm³/mol. The minimum absolute atomic E-state index is 0.000809. The van der Waals surface area contributed by atoms with Gasteiger partial charge in [-0.1, -0.05) is 0 Å². The molecule has 12 heteroatoms. The van der Waals surface area contributed by atoms with Gasteiger partial charge in [-0.2, -0.15) is 18.2 Å². The SMILES string of the molecule is CSc1ccc(NC2CN(OC(=O)C(F)(F)F)C(=O)c3cn(C)c(=O)cc32)c(F)c1. The van der Waals surface area contributed by atoms with Gasteiger partial charge in [0.1, 0.15) is 5.82 Å². The number of hydroxylamine groups is 2. The van der Waals surface area contributed by atoms with E-state index in [1.807, 2.05) is 0 Å². The Morgan fingerprint density at radius 3 is 2.57 bits per heavy atom. The first-order valence-electron chi connectivity index (χ1n) is 8.43. The highest BCUT2D eigenvalue weighted by Crippen LogP contribution is 2.31. The number of rotatable bonds is 4. The molecule has 2 aromatic rings. The summed E-state index contributed by atoms with van der Waals surface area (Å²) in [5, 5.41) is 3.01. The van der Waals surface area contributed by atoms with Crippen LogP contribution < -0.4 is 10.9 Å². The molecule has 160 valence electrons. The summed E-state index contributed by atoms with van der Waals surface area (Å²) in [7, 11) is 1.35. The van der Waals surface area contributed by atoms with E-state index >= 15 is 0 Å². The highest BCUT2D eigenvalue weighted by molar-refractivity contribution is 7.98. The van der Waals surface area contributed by atoms with Crippen molar-refractivity contribution in [3.05, 3.63) is 57.8 Å². The van der Waals surface area contributed by atoms with Crippen LogP contribution in [0.4, 0.5) is 23.2 Å². The summed E-state index contributed by atoms with van der Waals surface area (Å²) in [5.41, 5.74) is -0.485. The molecule has 1 N–H and O–H groups in total. The first-order chi connectivity index (χ1) is 14.0. The summed E-state index contributed by atoms with van der Waals surface area (Å²) in [5.74, 6) is -4.24. The number of hydrogen-bond acceptors (Lipinski definition) is 6. The van der Waals surface area contributed by atoms with Crippen molar-refractivity contribution in [3.8, 4) is 0 Å². The number of halogens is 4. The van der Waals surface area contributed by atoms with Crippen LogP contribution in [0.3, 0.4) is 0 Å². The number of aromatic nitrogens is 1. The maximum atomic E-state index is 14.4. The van der Waals surface area contributed by atoms with Crippen LogP contribution in [0.5, 0.6) is 0 Å². The van der Waals surface area contributed by atoms with Gasteiger partial charge in [0.05, 0.1) is 23.8 Å². The predicted octanol–water partition coefficient (Wildman–Crippen LogP) is 2.88. The van der Waals surface area contributed by atoms with E-state index < -0.39 is 42.0 Å². The molecule has 0 saturated heterocycles. The van der Waals surface area contributed by atoms with Crippen molar-refractivity contribution < 1.29 is 32.0 Å². The van der Waals surface area contributed by atoms with Gasteiger partial charge < -0.3 is 14.7 Å². The van der Waals surface area contributed by atoms with E-state index in [0.717, 1.165) is 16.8 Å². The molecule has 0 bridgehead atoms. The van der Waals surface area contributed by atoms with Gasteiger partial charge in [0.2, 0.25) is 0 Å². The molecular weight excluding hydrogens is 430 g/mol. The largest absolute Gasteiger partial charge is 0.493 e. The van der Waals surface area contributed by atoms with Gasteiger partial charge in [-0.25, -0.2) is 9.18 Å². The Balaban J connectivity index is 2.00. The van der Waals surface area contributed by atoms with Gasteiger partial charge in [0.25, 0.3) is 11.5 Å². The van der Waals surface area contributed by atoms with Crippen molar-refractivity contribution in [1.82, 2.24) is 9.63 Å². The maximum Gasteiger partial charge on any atom is 0.493 e. The summed E-state index contributed by atoms with van der Waals surface area (Å²) in [6.07, 6.45) is -2.43. The number of thioether (sulfide) groups is 1. The quantitative estimate of drug-likeness (QED) is 0.576. The zero-order chi connectivity index (χ0) is 22.2. The summed E-state index contributed by atoms with van der Waals surface area (Å²) < 4.78 is 53.2. The molecule has 3 rings (SSSR count). The third-order valence-corrected chi connectivity index (χ3v) is 5.10. The fraction of sp³-hybridized carbons (Fsp3) is 0.278. The van der Waals surface area contributed by atoms with Crippen LogP contribution in [0.15, 0.2) is 40.2 Å². The van der Waals surface area contributed by atoms with Crippen LogP contribution in [0.25, 0.3) is 0 Å². The zero-order valence-electron chi connectivity index (χ0n) is 15.6. The third kappa shape index (κ3) is 4.27. The minimum Gasteiger partial charge on any atom is -0.374 e. The van der Waals surface area contributed by atoms with E-state index in [1.165, 1.54) is 30.9 Å². The summed E-state index contributed by atoms with van der Waals surface area (Å²) in [4.78, 5) is 40.7. The average Bonchev–Trinajstić information content (AvgIpc) is 2.67. The lowest BCUT2D eigenvalue weighted by atomic mass is 9.97. The normalized spacial score (nSPS) is 16.3. The number of aryl methyl sites for hydroxylation is 1. The number of fused-ring (bicyclic) bond motifs is 1. The molecular formula is C18H15F4N3O4S. The van der Waals surface area contributed by atoms with Gasteiger partial charge >= 0.3 is 12.1 Å². The van der Waals surface area contributed by atoms with Crippen molar-refractivity contribution in [2.45, 2.75) is 17.1 Å². The van der Waals surface area contributed by atoms with Crippen LogP contribution in [0.1, 0.15) is 22.0 Å². The Morgan fingerprint density at radius 2 is 1.97 bits per heavy atom. The summed E-state index contributed by atoms with van der Waals surface area (Å²) in [6, 6.07) is 4.41. The smallest absolute Gasteiger partial charge is 0.374 e. The standard InChI is InChI=1S/C18H15F4N3O4S/c1-24-7-11-10(6-15(24)26)14(23-13-4-3-9(30-2)5-12(13)19)8-25(16(11)27)29-17(28)18(20,21)22/h3-7,14,23H,8H2,1-2H3. The van der Waals surface area contributed by atoms with Crippen molar-refractivity contribution in [2.24, 2.45) is 7.05 Å². The highest BCUT2D eigenvalue weighted by atomic mass is 32.2. The zero-order valence-corrected chi connectivity index (χ0v) is 16.4. The molecule has 1 atom stereocenters. The number of nitrogens with one attached hydrogen (secondary N) is 1. The molecule has 2 heterocycles. The number of pyridine rings is 1. The Labute approximate surface area is 171 Å². The number of carbonyl (C=O) groups is 2. The lowest BCUT2D eigenvalue weighted by molar-refractivity contribution is -0.229. The number of carbonyl (C=O) groups excluding carboxylic acids is 2. The molecule has 30 heavy (non-hydrogen) atoms. The minimum atomic E-state index is -5.31. The van der Waals surface area contributed by atoms with Gasteiger partial charge in [-0.3, -0.25) is 9.59 Å². The fourth-order valence-corrected chi connectivity index (χ4v) is 3.30. The second-order valence-electron chi connectivity index (χ2n) is 6.38. The topological polar surface area (TPSA) is 80.6 Å². The van der Waals surface area contributed by atoms with Crippen LogP contribution in [-0.4, -0.2) is 40.5 Å². The molecule has 1 aromatic carbocycles. The van der Waals surface area contributed by atoms with E-state index in [-0.39, 0.29) is 21.9 Å². The van der Waals surface area contributed by atoms with E-state index in [0.29, 0.717) is 4.90 Å². The number of anilines is 1. The number of hydrogen-bond donors (Lipinski definition) is 1. The second kappa shape index (κ2) is 8.01. The lowest BCUT2D eigenvalue weighted by Crippen LogP contribution is -2.46. The number of nitrogens with zero attached hydrogens (tertiary/aromatic N) is 2. The van der Waals surface area contributed by atoms with E-state index in [1.54, 1.807) is 12.3 Å². The monoisotopic (exact) mass is 445 g/mol. The Hall–Kier alpha value is -3.02. The molecule has 1 aliphatic rings. The molecule has 0 spiro atoms. The maximum absolute atomic E-state index is 14.4. The van der Waals surface area contributed by atoms with Crippen LogP contribution in [-0.2, 0) is 16.7 Å². The van der Waals surface area contributed by atoms with Gasteiger partial charge in [-0.05, 0) is 30.0 Å². The molecule has 1 amide bonds. The van der Waals surface area contributed by atoms with Crippen molar-refractivity contribution in [1.29, 1.82) is 0 Å². The van der Waals surface area contributed by atoms with Crippen LogP contribution in [0, 0.1) is 5.82 Å². The molecule has 0 radical (unpaired) electrons. The van der Waals surface area contributed by atoms with E-state index in [2.05, 4.69) is 10.2 Å². The highest BCUT2D eigenvalue weighted by Gasteiger charge is 2.45. The molecule has 0 fully saturated rings. The number of benzene rings is 1. The van der Waals surface area contributed by atoms with Crippen molar-refractivity contribution in [2.75, 3.05) is 18.1 Å². The van der Waals surface area contributed by atoms with Crippen LogP contribution in [0.2, 0.25) is 0 Å². The Kier molecular flexibility index (Phi) is 5.79. The molecule has 1 aromatic heterocycles. The molecule has 0 saturated carbocycles. The first kappa shape index (κ1) is 21.7. The Bertz CT molecular complexity index is 1070. The molecule has 7 nitrogen and oxygen atoms in total. The van der Waals surface area contributed by atoms with Gasteiger partial charge in [-0.15, -0.1) is 11.8 Å². The molecule has 1 aliphatic heterocycles. The van der Waals surface area contributed by atoms with Crippen molar-refractivity contribution in [3.63, 3.8) is 0 Å². The van der Waals surface area contributed by atoms with E-state index in [9.17, 15) is 31.9 Å². The second-order valence-corrected chi connectivity index (χ2v) is 7.26. The average molecular weight is 445 g/mol. The Morgan fingerprint density at radius 1 is 1.27 bits per heavy atom.